The SMILES string of the molecule is COC(=O)c1ccc(Cl)cc1NC(=O)N1CC=C(c2c[nH]c3ccccc23)CC1. The summed E-state index contributed by atoms with van der Waals surface area (Å²) in [7, 11) is 1.30. The summed E-state index contributed by atoms with van der Waals surface area (Å²) in [6.07, 6.45) is 4.83. The van der Waals surface area contributed by atoms with E-state index in [1.165, 1.54) is 29.7 Å². The van der Waals surface area contributed by atoms with Crippen molar-refractivity contribution in [3.8, 4) is 0 Å². The zero-order chi connectivity index (χ0) is 20.4. The van der Waals surface area contributed by atoms with Crippen molar-refractivity contribution in [1.29, 1.82) is 0 Å². The van der Waals surface area contributed by atoms with Crippen LogP contribution in [0.1, 0.15) is 22.3 Å². The zero-order valence-corrected chi connectivity index (χ0v) is 16.6. The number of H-pyrrole nitrogens is 1. The normalized spacial score (nSPS) is 13.9. The third kappa shape index (κ3) is 3.84. The van der Waals surface area contributed by atoms with Crippen molar-refractivity contribution < 1.29 is 14.3 Å². The molecule has 2 heterocycles. The highest BCUT2D eigenvalue weighted by atomic mass is 35.5. The first-order chi connectivity index (χ1) is 14.1. The second-order valence-corrected chi connectivity index (χ2v) is 7.22. The highest BCUT2D eigenvalue weighted by Crippen LogP contribution is 2.29. The Bertz CT molecular complexity index is 1120. The molecular formula is C22H20ClN3O3. The van der Waals surface area contributed by atoms with Gasteiger partial charge in [0.05, 0.1) is 18.4 Å². The summed E-state index contributed by atoms with van der Waals surface area (Å²) in [4.78, 5) is 29.7. The molecule has 0 aliphatic carbocycles. The third-order valence-electron chi connectivity index (χ3n) is 5.06. The van der Waals surface area contributed by atoms with Gasteiger partial charge in [0, 0.05) is 40.8 Å². The molecule has 148 valence electrons. The summed E-state index contributed by atoms with van der Waals surface area (Å²) in [5.41, 5.74) is 4.07. The van der Waals surface area contributed by atoms with Crippen LogP contribution in [0.4, 0.5) is 10.5 Å². The summed E-state index contributed by atoms with van der Waals surface area (Å²) in [6, 6.07) is 12.5. The number of esters is 1. The molecule has 0 saturated carbocycles. The Labute approximate surface area is 173 Å². The number of benzene rings is 2. The molecule has 0 fully saturated rings. The number of hydrogen-bond acceptors (Lipinski definition) is 3. The van der Waals surface area contributed by atoms with Gasteiger partial charge in [-0.3, -0.25) is 0 Å². The number of carbonyl (C=O) groups excluding carboxylic acids is 2. The van der Waals surface area contributed by atoms with Crippen LogP contribution in [0.5, 0.6) is 0 Å². The number of ether oxygens (including phenoxy) is 1. The number of carbonyl (C=O) groups is 2. The predicted octanol–water partition coefficient (Wildman–Crippen LogP) is 4.93. The first kappa shape index (κ1) is 19.1. The number of halogens is 1. The molecule has 0 unspecified atom stereocenters. The number of aromatic nitrogens is 1. The van der Waals surface area contributed by atoms with E-state index in [9.17, 15) is 9.59 Å². The largest absolute Gasteiger partial charge is 0.465 e. The van der Waals surface area contributed by atoms with Gasteiger partial charge in [0.2, 0.25) is 0 Å². The molecule has 0 bridgehead atoms. The van der Waals surface area contributed by atoms with Gasteiger partial charge in [0.15, 0.2) is 0 Å². The van der Waals surface area contributed by atoms with Crippen molar-refractivity contribution in [1.82, 2.24) is 9.88 Å². The van der Waals surface area contributed by atoms with Crippen molar-refractivity contribution in [2.24, 2.45) is 0 Å². The number of amides is 2. The fraction of sp³-hybridized carbons (Fsp3) is 0.182. The summed E-state index contributed by atoms with van der Waals surface area (Å²) in [5, 5.41) is 4.38. The fourth-order valence-corrected chi connectivity index (χ4v) is 3.71. The Morgan fingerprint density at radius 3 is 2.79 bits per heavy atom. The molecule has 2 aromatic carbocycles. The van der Waals surface area contributed by atoms with E-state index in [2.05, 4.69) is 22.4 Å². The van der Waals surface area contributed by atoms with Crippen LogP contribution < -0.4 is 5.32 Å². The van der Waals surface area contributed by atoms with E-state index in [-0.39, 0.29) is 11.6 Å². The van der Waals surface area contributed by atoms with Crippen LogP contribution in [0, 0.1) is 0 Å². The highest BCUT2D eigenvalue weighted by Gasteiger charge is 2.21. The van der Waals surface area contributed by atoms with Crippen LogP contribution in [-0.2, 0) is 4.74 Å². The lowest BCUT2D eigenvalue weighted by atomic mass is 9.99. The minimum absolute atomic E-state index is 0.261. The minimum Gasteiger partial charge on any atom is -0.465 e. The molecule has 2 amide bonds. The molecule has 1 aliphatic rings. The van der Waals surface area contributed by atoms with Gasteiger partial charge in [-0.1, -0.05) is 35.9 Å². The smallest absolute Gasteiger partial charge is 0.339 e. The lowest BCUT2D eigenvalue weighted by Gasteiger charge is -2.27. The summed E-state index contributed by atoms with van der Waals surface area (Å²) in [5.74, 6) is -0.530. The van der Waals surface area contributed by atoms with Gasteiger partial charge in [-0.15, -0.1) is 0 Å². The van der Waals surface area contributed by atoms with Gasteiger partial charge in [-0.25, -0.2) is 9.59 Å². The number of nitrogens with zero attached hydrogens (tertiary/aromatic N) is 1. The molecule has 4 rings (SSSR count). The number of hydrogen-bond donors (Lipinski definition) is 2. The van der Waals surface area contributed by atoms with Crippen LogP contribution in [0.15, 0.2) is 54.7 Å². The lowest BCUT2D eigenvalue weighted by Crippen LogP contribution is -2.38. The standard InChI is InChI=1S/C22H20ClN3O3/c1-29-21(27)17-7-6-15(23)12-20(17)25-22(28)26-10-8-14(9-11-26)18-13-24-19-5-3-2-4-16(18)19/h2-8,12-13,24H,9-11H2,1H3,(H,25,28). The number of aromatic amines is 1. The van der Waals surface area contributed by atoms with Crippen molar-refractivity contribution in [3.05, 3.63) is 70.9 Å². The van der Waals surface area contributed by atoms with Crippen molar-refractivity contribution >= 4 is 45.8 Å². The zero-order valence-electron chi connectivity index (χ0n) is 15.9. The Balaban J connectivity index is 1.50. The van der Waals surface area contributed by atoms with Crippen LogP contribution >= 0.6 is 11.6 Å². The number of fused-ring (bicyclic) bond motifs is 1. The van der Waals surface area contributed by atoms with Gasteiger partial charge in [0.25, 0.3) is 0 Å². The van der Waals surface area contributed by atoms with Crippen LogP contribution in [0.3, 0.4) is 0 Å². The van der Waals surface area contributed by atoms with E-state index >= 15 is 0 Å². The second kappa shape index (κ2) is 8.01. The molecule has 3 aromatic rings. The van der Waals surface area contributed by atoms with Gasteiger partial charge >= 0.3 is 12.0 Å². The molecule has 1 aromatic heterocycles. The first-order valence-electron chi connectivity index (χ1n) is 9.26. The molecular weight excluding hydrogens is 390 g/mol. The molecule has 1 aliphatic heterocycles. The predicted molar refractivity (Wildman–Crippen MR) is 114 cm³/mol. The Hall–Kier alpha value is -3.25. The van der Waals surface area contributed by atoms with Crippen LogP contribution in [0.2, 0.25) is 5.02 Å². The molecule has 2 N–H and O–H groups in total. The second-order valence-electron chi connectivity index (χ2n) is 6.78. The van der Waals surface area contributed by atoms with Crippen LogP contribution in [-0.4, -0.2) is 42.1 Å². The van der Waals surface area contributed by atoms with E-state index in [4.69, 9.17) is 16.3 Å². The van der Waals surface area contributed by atoms with E-state index in [1.54, 1.807) is 17.0 Å². The Kier molecular flexibility index (Phi) is 5.27. The highest BCUT2D eigenvalue weighted by molar-refractivity contribution is 6.31. The maximum absolute atomic E-state index is 12.7. The molecule has 7 heteroatoms. The summed E-state index contributed by atoms with van der Waals surface area (Å²) >= 11 is 6.03. The lowest BCUT2D eigenvalue weighted by molar-refractivity contribution is 0.0602. The van der Waals surface area contributed by atoms with Crippen molar-refractivity contribution in [2.45, 2.75) is 6.42 Å². The van der Waals surface area contributed by atoms with E-state index < -0.39 is 5.97 Å². The molecule has 0 radical (unpaired) electrons. The van der Waals surface area contributed by atoms with Gasteiger partial charge < -0.3 is 19.9 Å². The van der Waals surface area contributed by atoms with Gasteiger partial charge in [-0.2, -0.15) is 0 Å². The first-order valence-corrected chi connectivity index (χ1v) is 9.64. The summed E-state index contributed by atoms with van der Waals surface area (Å²) in [6.45, 7) is 1.06. The average Bonchev–Trinajstić information content (AvgIpc) is 3.17. The minimum atomic E-state index is -0.530. The molecule has 6 nitrogen and oxygen atoms in total. The third-order valence-corrected chi connectivity index (χ3v) is 5.30. The number of anilines is 1. The maximum atomic E-state index is 12.7. The Morgan fingerprint density at radius 2 is 2.03 bits per heavy atom. The van der Waals surface area contributed by atoms with Crippen molar-refractivity contribution in [3.63, 3.8) is 0 Å². The van der Waals surface area contributed by atoms with E-state index in [1.807, 2.05) is 24.4 Å². The number of urea groups is 1. The quantitative estimate of drug-likeness (QED) is 0.602. The molecule has 29 heavy (non-hydrogen) atoms. The van der Waals surface area contributed by atoms with Crippen LogP contribution in [0.25, 0.3) is 16.5 Å². The van der Waals surface area contributed by atoms with E-state index in [0.717, 1.165) is 11.9 Å². The Morgan fingerprint density at radius 1 is 1.21 bits per heavy atom. The topological polar surface area (TPSA) is 74.4 Å². The number of rotatable bonds is 3. The fourth-order valence-electron chi connectivity index (χ4n) is 3.54. The maximum Gasteiger partial charge on any atom is 0.339 e. The van der Waals surface area contributed by atoms with E-state index in [0.29, 0.717) is 23.8 Å². The molecule has 0 saturated heterocycles. The average molecular weight is 410 g/mol. The van der Waals surface area contributed by atoms with Gasteiger partial charge in [-0.05, 0) is 36.3 Å². The number of nitrogens with one attached hydrogen (secondary N) is 2. The number of methoxy groups -OCH3 is 1. The van der Waals surface area contributed by atoms with Gasteiger partial charge in [0.1, 0.15) is 0 Å². The monoisotopic (exact) mass is 409 g/mol. The molecule has 0 spiro atoms. The van der Waals surface area contributed by atoms with Crippen molar-refractivity contribution in [2.75, 3.05) is 25.5 Å². The summed E-state index contributed by atoms with van der Waals surface area (Å²) < 4.78 is 4.78. The number of para-hydroxylation sites is 1. The molecule has 0 atom stereocenters.